The third-order valence-corrected chi connectivity index (χ3v) is 5.57. The van der Waals surface area contributed by atoms with Gasteiger partial charge in [0.05, 0.1) is 0 Å². The molecule has 1 aliphatic rings. The van der Waals surface area contributed by atoms with Gasteiger partial charge in [0.1, 0.15) is 5.41 Å². The van der Waals surface area contributed by atoms with Crippen molar-refractivity contribution in [2.45, 2.75) is 25.7 Å². The molecule has 0 fully saturated rings. The second-order valence-corrected chi connectivity index (χ2v) is 7.02. The Morgan fingerprint density at radius 2 is 1.27 bits per heavy atom. The third-order valence-electron chi connectivity index (χ3n) is 5.57. The number of Topliss-reactive ketones (excluding diaryl/α,β-unsaturated/α-hetero) is 2. The Morgan fingerprint density at radius 3 is 1.88 bits per heavy atom. The average molecular weight is 340 g/mol. The Balaban J connectivity index is 1.99. The summed E-state index contributed by atoms with van der Waals surface area (Å²) in [5.41, 5.74) is 3.81. The van der Waals surface area contributed by atoms with Crippen LogP contribution in [-0.4, -0.2) is 11.6 Å². The third kappa shape index (κ3) is 2.26. The quantitative estimate of drug-likeness (QED) is 0.638. The number of benzene rings is 3. The first kappa shape index (κ1) is 16.5. The maximum absolute atomic E-state index is 13.6. The van der Waals surface area contributed by atoms with E-state index < -0.39 is 5.41 Å². The van der Waals surface area contributed by atoms with Crippen LogP contribution in [0.25, 0.3) is 0 Å². The summed E-state index contributed by atoms with van der Waals surface area (Å²) < 4.78 is 0. The minimum absolute atomic E-state index is 0.0874. The van der Waals surface area contributed by atoms with Gasteiger partial charge >= 0.3 is 0 Å². The molecular weight excluding hydrogens is 320 g/mol. The van der Waals surface area contributed by atoms with Crippen LogP contribution >= 0.6 is 0 Å². The molecule has 0 aromatic heterocycles. The number of ketones is 2. The second kappa shape index (κ2) is 6.06. The van der Waals surface area contributed by atoms with Crippen LogP contribution in [0.1, 0.15) is 43.0 Å². The Morgan fingerprint density at radius 1 is 0.692 bits per heavy atom. The lowest BCUT2D eigenvalue weighted by atomic mass is 9.69. The van der Waals surface area contributed by atoms with Crippen LogP contribution in [0.4, 0.5) is 0 Å². The number of aryl methyl sites for hydroxylation is 1. The van der Waals surface area contributed by atoms with E-state index in [4.69, 9.17) is 0 Å². The van der Waals surface area contributed by atoms with Gasteiger partial charge in [-0.25, -0.2) is 0 Å². The maximum atomic E-state index is 13.6. The van der Waals surface area contributed by atoms with Crippen molar-refractivity contribution in [3.8, 4) is 0 Å². The maximum Gasteiger partial charge on any atom is 0.182 e. The summed E-state index contributed by atoms with van der Waals surface area (Å²) in [5.74, 6) is -0.175. The van der Waals surface area contributed by atoms with Gasteiger partial charge in [-0.15, -0.1) is 0 Å². The molecule has 0 saturated carbocycles. The predicted octanol–water partition coefficient (Wildman–Crippen LogP) is 4.86. The molecule has 1 aliphatic carbocycles. The Bertz CT molecular complexity index is 980. The van der Waals surface area contributed by atoms with Crippen LogP contribution < -0.4 is 0 Å². The summed E-state index contributed by atoms with van der Waals surface area (Å²) in [6.45, 7) is 4.02. The first-order chi connectivity index (χ1) is 12.6. The van der Waals surface area contributed by atoms with Crippen LogP contribution in [0.15, 0.2) is 72.8 Å². The minimum Gasteiger partial charge on any atom is -0.293 e. The van der Waals surface area contributed by atoms with Crippen LogP contribution in [0.3, 0.4) is 0 Å². The molecule has 0 amide bonds. The molecule has 0 unspecified atom stereocenters. The Labute approximate surface area is 153 Å². The van der Waals surface area contributed by atoms with E-state index >= 15 is 0 Å². The van der Waals surface area contributed by atoms with Crippen LogP contribution in [0.2, 0.25) is 0 Å². The fraction of sp³-hybridized carbons (Fsp3) is 0.167. The van der Waals surface area contributed by atoms with Crippen LogP contribution in [0, 0.1) is 13.8 Å². The highest BCUT2D eigenvalue weighted by atomic mass is 16.2. The van der Waals surface area contributed by atoms with Gasteiger partial charge in [-0.2, -0.15) is 0 Å². The van der Waals surface area contributed by atoms with E-state index in [2.05, 4.69) is 0 Å². The SMILES string of the molecule is Cc1cccc(C2(Cc3ccccc3)C(=O)c3ccccc3C2=O)c1C. The molecule has 4 rings (SSSR count). The molecule has 128 valence electrons. The van der Waals surface area contributed by atoms with E-state index in [1.807, 2.05) is 74.5 Å². The van der Waals surface area contributed by atoms with Gasteiger partial charge in [-0.3, -0.25) is 9.59 Å². The zero-order chi connectivity index (χ0) is 18.3. The highest BCUT2D eigenvalue weighted by Gasteiger charge is 2.54. The lowest BCUT2D eigenvalue weighted by molar-refractivity contribution is 0.0792. The molecule has 0 saturated heterocycles. The van der Waals surface area contributed by atoms with Crippen molar-refractivity contribution in [3.05, 3.63) is 106 Å². The largest absolute Gasteiger partial charge is 0.293 e. The molecule has 2 heteroatoms. The standard InChI is InChI=1S/C24H20O2/c1-16-9-8-14-21(17(16)2)24(15-18-10-4-3-5-11-18)22(25)19-12-6-7-13-20(19)23(24)26/h3-14H,15H2,1-2H3. The van der Waals surface area contributed by atoms with E-state index in [-0.39, 0.29) is 11.6 Å². The molecule has 0 spiro atoms. The summed E-state index contributed by atoms with van der Waals surface area (Å²) in [4.78, 5) is 27.2. The molecule has 0 bridgehead atoms. The summed E-state index contributed by atoms with van der Waals surface area (Å²) in [7, 11) is 0. The van der Waals surface area contributed by atoms with E-state index in [1.165, 1.54) is 0 Å². The average Bonchev–Trinajstić information content (AvgIpc) is 2.88. The zero-order valence-corrected chi connectivity index (χ0v) is 15.0. The summed E-state index contributed by atoms with van der Waals surface area (Å²) in [6.07, 6.45) is 0.379. The van der Waals surface area contributed by atoms with Crippen molar-refractivity contribution < 1.29 is 9.59 Å². The van der Waals surface area contributed by atoms with Gasteiger partial charge in [0.15, 0.2) is 11.6 Å². The van der Waals surface area contributed by atoms with E-state index in [0.717, 1.165) is 22.3 Å². The van der Waals surface area contributed by atoms with Crippen LogP contribution in [0.5, 0.6) is 0 Å². The second-order valence-electron chi connectivity index (χ2n) is 7.02. The van der Waals surface area contributed by atoms with E-state index in [9.17, 15) is 9.59 Å². The number of hydrogen-bond acceptors (Lipinski definition) is 2. The molecule has 0 aliphatic heterocycles. The summed E-state index contributed by atoms with van der Waals surface area (Å²) >= 11 is 0. The van der Waals surface area contributed by atoms with Gasteiger partial charge in [-0.05, 0) is 42.5 Å². The smallest absolute Gasteiger partial charge is 0.182 e. The molecule has 0 heterocycles. The molecular formula is C24H20O2. The topological polar surface area (TPSA) is 34.1 Å². The molecule has 2 nitrogen and oxygen atoms in total. The van der Waals surface area contributed by atoms with Crippen molar-refractivity contribution in [2.24, 2.45) is 0 Å². The van der Waals surface area contributed by atoms with Crippen molar-refractivity contribution in [3.63, 3.8) is 0 Å². The Kier molecular flexibility index (Phi) is 3.84. The van der Waals surface area contributed by atoms with Crippen LogP contribution in [-0.2, 0) is 11.8 Å². The highest BCUT2D eigenvalue weighted by molar-refractivity contribution is 6.33. The van der Waals surface area contributed by atoms with Gasteiger partial charge in [0, 0.05) is 11.1 Å². The zero-order valence-electron chi connectivity index (χ0n) is 15.0. The van der Waals surface area contributed by atoms with Gasteiger partial charge < -0.3 is 0 Å². The normalized spacial score (nSPS) is 15.2. The summed E-state index contributed by atoms with van der Waals surface area (Å²) in [6, 6.07) is 22.9. The molecule has 0 atom stereocenters. The number of carbonyl (C=O) groups excluding carboxylic acids is 2. The number of fused-ring (bicyclic) bond motifs is 1. The fourth-order valence-corrected chi connectivity index (χ4v) is 4.06. The molecule has 0 radical (unpaired) electrons. The molecule has 0 N–H and O–H groups in total. The predicted molar refractivity (Wildman–Crippen MR) is 103 cm³/mol. The first-order valence-electron chi connectivity index (χ1n) is 8.85. The first-order valence-corrected chi connectivity index (χ1v) is 8.85. The van der Waals surface area contributed by atoms with Gasteiger partial charge in [0.2, 0.25) is 0 Å². The molecule has 3 aromatic carbocycles. The lowest BCUT2D eigenvalue weighted by Crippen LogP contribution is -2.41. The van der Waals surface area contributed by atoms with E-state index in [0.29, 0.717) is 17.5 Å². The van der Waals surface area contributed by atoms with Crippen molar-refractivity contribution >= 4 is 11.6 Å². The number of carbonyl (C=O) groups is 2. The minimum atomic E-state index is -1.18. The highest BCUT2D eigenvalue weighted by Crippen LogP contribution is 2.43. The van der Waals surface area contributed by atoms with E-state index in [1.54, 1.807) is 12.1 Å². The number of rotatable bonds is 3. The van der Waals surface area contributed by atoms with Gasteiger partial charge in [0.25, 0.3) is 0 Å². The fourth-order valence-electron chi connectivity index (χ4n) is 4.06. The van der Waals surface area contributed by atoms with Crippen molar-refractivity contribution in [1.29, 1.82) is 0 Å². The lowest BCUT2D eigenvalue weighted by Gasteiger charge is -2.29. The Hall–Kier alpha value is -3.00. The molecule has 3 aromatic rings. The molecule has 26 heavy (non-hydrogen) atoms. The van der Waals surface area contributed by atoms with Crippen molar-refractivity contribution in [1.82, 2.24) is 0 Å². The number of hydrogen-bond donors (Lipinski definition) is 0. The van der Waals surface area contributed by atoms with Crippen molar-refractivity contribution in [2.75, 3.05) is 0 Å². The summed E-state index contributed by atoms with van der Waals surface area (Å²) in [5, 5.41) is 0. The van der Waals surface area contributed by atoms with Gasteiger partial charge in [-0.1, -0.05) is 72.8 Å². The monoisotopic (exact) mass is 340 g/mol.